The number of amides is 1. The van der Waals surface area contributed by atoms with Gasteiger partial charge in [-0.15, -0.1) is 11.3 Å². The van der Waals surface area contributed by atoms with Gasteiger partial charge < -0.3 is 8.83 Å². The number of hydrogen-bond acceptors (Lipinski definition) is 7. The molecule has 1 aliphatic rings. The number of rotatable bonds is 5. The van der Waals surface area contributed by atoms with E-state index in [9.17, 15) is 4.79 Å². The molecule has 29 heavy (non-hydrogen) atoms. The van der Waals surface area contributed by atoms with E-state index in [1.165, 1.54) is 16.8 Å². The van der Waals surface area contributed by atoms with Crippen molar-refractivity contribution in [3.63, 3.8) is 0 Å². The molecule has 1 aromatic carbocycles. The molecule has 4 heterocycles. The molecule has 4 aromatic rings. The van der Waals surface area contributed by atoms with E-state index in [2.05, 4.69) is 10.1 Å². The van der Waals surface area contributed by atoms with Crippen molar-refractivity contribution in [1.29, 1.82) is 0 Å². The van der Waals surface area contributed by atoms with Crippen molar-refractivity contribution in [3.8, 4) is 0 Å². The van der Waals surface area contributed by atoms with Crippen LogP contribution in [0.2, 0.25) is 5.02 Å². The van der Waals surface area contributed by atoms with Gasteiger partial charge in [0.15, 0.2) is 5.58 Å². The minimum atomic E-state index is -0.252. The van der Waals surface area contributed by atoms with Gasteiger partial charge in [0.2, 0.25) is 0 Å². The summed E-state index contributed by atoms with van der Waals surface area (Å²) < 4.78 is 11.2. The maximum atomic E-state index is 13.0. The maximum absolute atomic E-state index is 13.0. The number of nitrogens with zero attached hydrogens (tertiary/aromatic N) is 3. The van der Waals surface area contributed by atoms with E-state index in [1.807, 2.05) is 29.6 Å². The van der Waals surface area contributed by atoms with Crippen LogP contribution in [0.1, 0.15) is 23.1 Å². The van der Waals surface area contributed by atoms with Gasteiger partial charge in [-0.05, 0) is 41.8 Å². The number of thiophene rings is 1. The standard InChI is InChI=1S/C20H14ClN3O3S2/c21-12-5-6-16-13(9-12)22-20(27-16)29-11-19(25)24-15(17-3-1-7-26-17)10-14(23-24)18-4-2-8-28-18/h1-9,15H,10-11H2. The first-order chi connectivity index (χ1) is 14.2. The van der Waals surface area contributed by atoms with Gasteiger partial charge in [-0.2, -0.15) is 5.10 Å². The number of thioether (sulfide) groups is 1. The van der Waals surface area contributed by atoms with Crippen LogP contribution < -0.4 is 0 Å². The normalized spacial score (nSPS) is 16.5. The zero-order valence-electron chi connectivity index (χ0n) is 14.9. The fourth-order valence-electron chi connectivity index (χ4n) is 3.17. The first-order valence-corrected chi connectivity index (χ1v) is 11.1. The average Bonchev–Trinajstić information content (AvgIpc) is 3.51. The molecule has 9 heteroatoms. The quantitative estimate of drug-likeness (QED) is 0.375. The summed E-state index contributed by atoms with van der Waals surface area (Å²) in [6, 6.07) is 12.7. The van der Waals surface area contributed by atoms with Crippen LogP contribution in [0.4, 0.5) is 0 Å². The Morgan fingerprint density at radius 3 is 3.03 bits per heavy atom. The van der Waals surface area contributed by atoms with Crippen molar-refractivity contribution in [3.05, 3.63) is 69.8 Å². The van der Waals surface area contributed by atoms with Crippen molar-refractivity contribution >= 4 is 57.4 Å². The predicted molar refractivity (Wildman–Crippen MR) is 114 cm³/mol. The molecule has 1 aliphatic heterocycles. The molecule has 0 radical (unpaired) electrons. The number of benzene rings is 1. The molecule has 1 unspecified atom stereocenters. The van der Waals surface area contributed by atoms with E-state index in [0.717, 1.165) is 16.3 Å². The van der Waals surface area contributed by atoms with E-state index < -0.39 is 0 Å². The van der Waals surface area contributed by atoms with Gasteiger partial charge in [-0.1, -0.05) is 29.4 Å². The minimum absolute atomic E-state index is 0.136. The molecule has 1 amide bonds. The Morgan fingerprint density at radius 1 is 1.31 bits per heavy atom. The van der Waals surface area contributed by atoms with E-state index >= 15 is 0 Å². The highest BCUT2D eigenvalue weighted by Gasteiger charge is 2.35. The number of hydrazone groups is 1. The summed E-state index contributed by atoms with van der Waals surface area (Å²) >= 11 is 8.83. The summed E-state index contributed by atoms with van der Waals surface area (Å²) in [6.45, 7) is 0. The number of fused-ring (bicyclic) bond motifs is 1. The van der Waals surface area contributed by atoms with Gasteiger partial charge in [0, 0.05) is 11.4 Å². The lowest BCUT2D eigenvalue weighted by atomic mass is 10.1. The Labute approximate surface area is 179 Å². The van der Waals surface area contributed by atoms with Crippen molar-refractivity contribution in [1.82, 2.24) is 9.99 Å². The minimum Gasteiger partial charge on any atom is -0.467 e. The maximum Gasteiger partial charge on any atom is 0.257 e. The molecule has 0 bridgehead atoms. The van der Waals surface area contributed by atoms with Gasteiger partial charge >= 0.3 is 0 Å². The summed E-state index contributed by atoms with van der Waals surface area (Å²) in [5, 5.41) is 9.13. The predicted octanol–water partition coefficient (Wildman–Crippen LogP) is 5.61. The molecule has 0 saturated heterocycles. The highest BCUT2D eigenvalue weighted by atomic mass is 35.5. The van der Waals surface area contributed by atoms with Crippen LogP contribution in [0.5, 0.6) is 0 Å². The lowest BCUT2D eigenvalue weighted by molar-refractivity contribution is -0.130. The summed E-state index contributed by atoms with van der Waals surface area (Å²) in [6.07, 6.45) is 2.23. The van der Waals surface area contributed by atoms with E-state index in [1.54, 1.807) is 35.8 Å². The van der Waals surface area contributed by atoms with E-state index in [-0.39, 0.29) is 17.7 Å². The van der Waals surface area contributed by atoms with Crippen LogP contribution in [0.25, 0.3) is 11.1 Å². The number of furan rings is 1. The fraction of sp³-hybridized carbons (Fsp3) is 0.150. The first kappa shape index (κ1) is 18.5. The molecule has 6 nitrogen and oxygen atoms in total. The lowest BCUT2D eigenvalue weighted by Crippen LogP contribution is -2.28. The summed E-state index contributed by atoms with van der Waals surface area (Å²) in [7, 11) is 0. The Kier molecular flexibility index (Phi) is 4.91. The molecule has 0 N–H and O–H groups in total. The second kappa shape index (κ2) is 7.70. The second-order valence-electron chi connectivity index (χ2n) is 6.38. The van der Waals surface area contributed by atoms with Gasteiger partial charge in [0.1, 0.15) is 17.3 Å². The van der Waals surface area contributed by atoms with Gasteiger partial charge in [0.05, 0.1) is 22.6 Å². The Balaban J connectivity index is 1.35. The molecule has 0 aliphatic carbocycles. The van der Waals surface area contributed by atoms with Crippen LogP contribution in [-0.4, -0.2) is 27.4 Å². The summed E-state index contributed by atoms with van der Waals surface area (Å²) in [4.78, 5) is 18.4. The van der Waals surface area contributed by atoms with Crippen molar-refractivity contribution in [2.45, 2.75) is 17.7 Å². The van der Waals surface area contributed by atoms with E-state index in [4.69, 9.17) is 20.4 Å². The third kappa shape index (κ3) is 3.71. The largest absolute Gasteiger partial charge is 0.467 e. The van der Waals surface area contributed by atoms with Crippen molar-refractivity contribution in [2.75, 3.05) is 5.75 Å². The van der Waals surface area contributed by atoms with Crippen molar-refractivity contribution in [2.24, 2.45) is 5.10 Å². The number of halogens is 1. The number of hydrogen-bond donors (Lipinski definition) is 0. The molecule has 3 aromatic heterocycles. The monoisotopic (exact) mass is 443 g/mol. The number of carbonyl (C=O) groups is 1. The fourth-order valence-corrected chi connectivity index (χ4v) is 4.74. The van der Waals surface area contributed by atoms with Gasteiger partial charge in [0.25, 0.3) is 11.1 Å². The molecule has 0 fully saturated rings. The summed E-state index contributed by atoms with van der Waals surface area (Å²) in [5.74, 6) is 0.734. The zero-order valence-corrected chi connectivity index (χ0v) is 17.3. The number of oxazole rings is 1. The molecular weight excluding hydrogens is 430 g/mol. The zero-order chi connectivity index (χ0) is 19.8. The van der Waals surface area contributed by atoms with Crippen LogP contribution in [-0.2, 0) is 4.79 Å². The van der Waals surface area contributed by atoms with Crippen LogP contribution in [0, 0.1) is 0 Å². The number of carbonyl (C=O) groups excluding carboxylic acids is 1. The topological polar surface area (TPSA) is 71.8 Å². The van der Waals surface area contributed by atoms with Crippen molar-refractivity contribution < 1.29 is 13.6 Å². The SMILES string of the molecule is O=C(CSc1nc2cc(Cl)ccc2o1)N1N=C(c2cccs2)CC1c1ccco1. The second-order valence-corrected chi connectivity index (χ2v) is 8.69. The molecule has 5 rings (SSSR count). The van der Waals surface area contributed by atoms with Gasteiger partial charge in [-0.3, -0.25) is 4.79 Å². The third-order valence-electron chi connectivity index (χ3n) is 4.49. The number of aromatic nitrogens is 1. The smallest absolute Gasteiger partial charge is 0.257 e. The third-order valence-corrected chi connectivity index (χ3v) is 6.46. The molecular formula is C20H14ClN3O3S2. The molecule has 0 saturated carbocycles. The lowest BCUT2D eigenvalue weighted by Gasteiger charge is -2.19. The molecule has 0 spiro atoms. The van der Waals surface area contributed by atoms with Gasteiger partial charge in [-0.25, -0.2) is 9.99 Å². The average molecular weight is 444 g/mol. The highest BCUT2D eigenvalue weighted by molar-refractivity contribution is 7.99. The van der Waals surface area contributed by atoms with Crippen LogP contribution in [0.15, 0.2) is 73.3 Å². The first-order valence-electron chi connectivity index (χ1n) is 8.83. The van der Waals surface area contributed by atoms with Crippen LogP contribution >= 0.6 is 34.7 Å². The molecule has 146 valence electrons. The molecule has 1 atom stereocenters. The van der Waals surface area contributed by atoms with Crippen LogP contribution in [0.3, 0.4) is 0 Å². The van der Waals surface area contributed by atoms with E-state index in [0.29, 0.717) is 27.8 Å². The Hall–Kier alpha value is -2.55. The Morgan fingerprint density at radius 2 is 2.24 bits per heavy atom. The Bertz CT molecular complexity index is 1190. The highest BCUT2D eigenvalue weighted by Crippen LogP contribution is 2.35. The summed E-state index contributed by atoms with van der Waals surface area (Å²) in [5.41, 5.74) is 2.19.